The first-order chi connectivity index (χ1) is 9.50. The van der Waals surface area contributed by atoms with Crippen LogP contribution in [0, 0.1) is 5.41 Å². The predicted molar refractivity (Wildman–Crippen MR) is 72.3 cm³/mol. The largest absolute Gasteiger partial charge is 0.417 e. The molecule has 116 valence electrons. The third-order valence-corrected chi connectivity index (χ3v) is 3.17. The van der Waals surface area contributed by atoms with Crippen LogP contribution in [0.15, 0.2) is 23.4 Å². The number of nitrogens with two attached hydrogens (primary N) is 1. The van der Waals surface area contributed by atoms with Gasteiger partial charge < -0.3 is 16.3 Å². The van der Waals surface area contributed by atoms with E-state index in [1.807, 2.05) is 0 Å². The Balaban J connectivity index is 3.08. The lowest BCUT2D eigenvalue weighted by Crippen LogP contribution is -2.42. The van der Waals surface area contributed by atoms with Crippen LogP contribution in [-0.2, 0) is 11.0 Å². The number of hydrogen-bond donors (Lipinski definition) is 3. The van der Waals surface area contributed by atoms with E-state index in [0.29, 0.717) is 6.07 Å². The Kier molecular flexibility index (Phi) is 4.72. The number of carbonyl (C=O) groups is 1. The van der Waals surface area contributed by atoms with Crippen molar-refractivity contribution < 1.29 is 23.2 Å². The molecule has 21 heavy (non-hydrogen) atoms. The van der Waals surface area contributed by atoms with Crippen LogP contribution in [0.5, 0.6) is 0 Å². The second kappa shape index (κ2) is 5.80. The van der Waals surface area contributed by atoms with E-state index < -0.39 is 28.1 Å². The van der Waals surface area contributed by atoms with E-state index in [2.05, 4.69) is 10.5 Å². The second-order valence-corrected chi connectivity index (χ2v) is 5.16. The molecule has 0 aliphatic carbocycles. The van der Waals surface area contributed by atoms with Gasteiger partial charge in [-0.05, 0) is 32.0 Å². The summed E-state index contributed by atoms with van der Waals surface area (Å²) in [7, 11) is 0. The summed E-state index contributed by atoms with van der Waals surface area (Å²) in [6.07, 6.45) is -4.64. The smallest absolute Gasteiger partial charge is 0.409 e. The third-order valence-electron chi connectivity index (χ3n) is 2.85. The molecule has 0 saturated heterocycles. The first-order valence-corrected chi connectivity index (χ1v) is 6.04. The summed E-state index contributed by atoms with van der Waals surface area (Å²) in [5.41, 5.74) is 2.80. The Morgan fingerprint density at radius 3 is 2.43 bits per heavy atom. The highest BCUT2D eigenvalue weighted by atomic mass is 35.5. The molecule has 1 amide bonds. The van der Waals surface area contributed by atoms with Crippen molar-refractivity contribution in [3.8, 4) is 0 Å². The lowest BCUT2D eigenvalue weighted by atomic mass is 9.91. The SMILES string of the molecule is CC(C)(C(=O)Nc1ccc(Cl)c(C(F)(F)F)c1)C(N)=NO. The molecule has 5 nitrogen and oxygen atoms in total. The zero-order valence-electron chi connectivity index (χ0n) is 11.1. The topological polar surface area (TPSA) is 87.7 Å². The predicted octanol–water partition coefficient (Wildman–Crippen LogP) is 3.07. The Hall–Kier alpha value is -1.96. The van der Waals surface area contributed by atoms with Crippen molar-refractivity contribution in [2.45, 2.75) is 20.0 Å². The van der Waals surface area contributed by atoms with Crippen molar-refractivity contribution in [2.75, 3.05) is 5.32 Å². The molecule has 9 heteroatoms. The van der Waals surface area contributed by atoms with Crippen molar-refractivity contribution in [3.05, 3.63) is 28.8 Å². The molecule has 0 heterocycles. The van der Waals surface area contributed by atoms with Crippen LogP contribution in [0.25, 0.3) is 0 Å². The van der Waals surface area contributed by atoms with E-state index in [-0.39, 0.29) is 11.5 Å². The molecule has 0 aliphatic heterocycles. The van der Waals surface area contributed by atoms with Gasteiger partial charge in [0.25, 0.3) is 0 Å². The van der Waals surface area contributed by atoms with E-state index in [1.54, 1.807) is 0 Å². The molecular weight excluding hydrogens is 311 g/mol. The van der Waals surface area contributed by atoms with E-state index in [9.17, 15) is 18.0 Å². The summed E-state index contributed by atoms with van der Waals surface area (Å²) in [4.78, 5) is 12.0. The third kappa shape index (κ3) is 3.78. The second-order valence-electron chi connectivity index (χ2n) is 4.76. The molecule has 1 rings (SSSR count). The fourth-order valence-electron chi connectivity index (χ4n) is 1.35. The summed E-state index contributed by atoms with van der Waals surface area (Å²) in [6, 6.07) is 2.96. The minimum absolute atomic E-state index is 0.101. The van der Waals surface area contributed by atoms with Gasteiger partial charge in [0, 0.05) is 5.69 Å². The van der Waals surface area contributed by atoms with Crippen molar-refractivity contribution in [1.82, 2.24) is 0 Å². The molecule has 0 fully saturated rings. The van der Waals surface area contributed by atoms with Crippen molar-refractivity contribution in [3.63, 3.8) is 0 Å². The summed E-state index contributed by atoms with van der Waals surface area (Å²) < 4.78 is 38.1. The number of nitrogens with zero attached hydrogens (tertiary/aromatic N) is 1. The number of benzene rings is 1. The van der Waals surface area contributed by atoms with E-state index in [1.165, 1.54) is 19.9 Å². The van der Waals surface area contributed by atoms with Crippen molar-refractivity contribution >= 4 is 29.0 Å². The molecular formula is C12H13ClF3N3O2. The fraction of sp³-hybridized carbons (Fsp3) is 0.333. The molecule has 0 spiro atoms. The summed E-state index contributed by atoms with van der Waals surface area (Å²) in [6.45, 7) is 2.72. The number of halogens is 4. The number of oxime groups is 1. The molecule has 0 radical (unpaired) electrons. The van der Waals surface area contributed by atoms with Gasteiger partial charge in [0.2, 0.25) is 5.91 Å². The van der Waals surface area contributed by atoms with Gasteiger partial charge in [0.05, 0.1) is 10.6 Å². The molecule has 0 saturated carbocycles. The van der Waals surface area contributed by atoms with E-state index in [0.717, 1.165) is 6.07 Å². The summed E-state index contributed by atoms with van der Waals surface area (Å²) in [5, 5.41) is 13.1. The van der Waals surface area contributed by atoms with Gasteiger partial charge >= 0.3 is 6.18 Å². The highest BCUT2D eigenvalue weighted by Gasteiger charge is 2.35. The van der Waals surface area contributed by atoms with Crippen LogP contribution in [0.3, 0.4) is 0 Å². The van der Waals surface area contributed by atoms with Gasteiger partial charge in [-0.2, -0.15) is 13.2 Å². The van der Waals surface area contributed by atoms with Gasteiger partial charge in [0.15, 0.2) is 5.84 Å². The van der Waals surface area contributed by atoms with Gasteiger partial charge in [0.1, 0.15) is 5.41 Å². The van der Waals surface area contributed by atoms with Gasteiger partial charge in [-0.15, -0.1) is 0 Å². The highest BCUT2D eigenvalue weighted by molar-refractivity contribution is 6.31. The number of alkyl halides is 3. The van der Waals surface area contributed by atoms with Crippen molar-refractivity contribution in [1.29, 1.82) is 0 Å². The lowest BCUT2D eigenvalue weighted by molar-refractivity contribution is -0.137. The van der Waals surface area contributed by atoms with E-state index in [4.69, 9.17) is 22.5 Å². The Morgan fingerprint density at radius 1 is 1.38 bits per heavy atom. The minimum atomic E-state index is -4.64. The molecule has 0 atom stereocenters. The summed E-state index contributed by atoms with van der Waals surface area (Å²) >= 11 is 5.48. The van der Waals surface area contributed by atoms with Gasteiger partial charge in [-0.1, -0.05) is 16.8 Å². The lowest BCUT2D eigenvalue weighted by Gasteiger charge is -2.22. The van der Waals surface area contributed by atoms with Crippen LogP contribution in [0.4, 0.5) is 18.9 Å². The minimum Gasteiger partial charge on any atom is -0.409 e. The number of anilines is 1. The molecule has 4 N–H and O–H groups in total. The number of amidine groups is 1. The number of amides is 1. The first kappa shape index (κ1) is 17.1. The van der Waals surface area contributed by atoms with Crippen LogP contribution < -0.4 is 11.1 Å². The molecule has 0 aromatic heterocycles. The number of hydrogen-bond acceptors (Lipinski definition) is 3. The maximum atomic E-state index is 12.7. The number of nitrogens with one attached hydrogen (secondary N) is 1. The van der Waals surface area contributed by atoms with Crippen molar-refractivity contribution in [2.24, 2.45) is 16.3 Å². The molecule has 1 aromatic rings. The zero-order chi connectivity index (χ0) is 16.4. The van der Waals surface area contributed by atoms with Crippen LogP contribution in [-0.4, -0.2) is 17.0 Å². The highest BCUT2D eigenvalue weighted by Crippen LogP contribution is 2.36. The Bertz CT molecular complexity index is 586. The molecule has 0 aliphatic rings. The average molecular weight is 324 g/mol. The van der Waals surface area contributed by atoms with Crippen LogP contribution in [0.1, 0.15) is 19.4 Å². The van der Waals surface area contributed by atoms with Gasteiger partial charge in [-0.25, -0.2) is 0 Å². The summed E-state index contributed by atoms with van der Waals surface area (Å²) in [5.74, 6) is -1.10. The molecule has 1 aromatic carbocycles. The quantitative estimate of drug-likeness (QED) is 0.346. The van der Waals surface area contributed by atoms with Crippen LogP contribution >= 0.6 is 11.6 Å². The fourth-order valence-corrected chi connectivity index (χ4v) is 1.57. The maximum Gasteiger partial charge on any atom is 0.417 e. The average Bonchev–Trinajstić information content (AvgIpc) is 2.38. The van der Waals surface area contributed by atoms with Crippen LogP contribution in [0.2, 0.25) is 5.02 Å². The number of carbonyl (C=O) groups excluding carboxylic acids is 1. The first-order valence-electron chi connectivity index (χ1n) is 5.66. The maximum absolute atomic E-state index is 12.7. The Labute approximate surface area is 123 Å². The van der Waals surface area contributed by atoms with E-state index >= 15 is 0 Å². The normalized spacial score (nSPS) is 13.1. The monoisotopic (exact) mass is 323 g/mol. The number of rotatable bonds is 3. The zero-order valence-corrected chi connectivity index (χ0v) is 11.9. The molecule has 0 unspecified atom stereocenters. The van der Waals surface area contributed by atoms with Gasteiger partial charge in [-0.3, -0.25) is 4.79 Å². The molecule has 0 bridgehead atoms. The standard InChI is InChI=1S/C12H13ClF3N3O2/c1-11(2,9(17)19-21)10(20)18-6-3-4-8(13)7(5-6)12(14,15)16/h3-5,21H,1-2H3,(H2,17,19)(H,18,20). The Morgan fingerprint density at radius 2 is 1.95 bits per heavy atom.